The Kier molecular flexibility index (Phi) is 3.64. The van der Waals surface area contributed by atoms with Crippen molar-refractivity contribution in [2.24, 2.45) is 11.8 Å². The van der Waals surface area contributed by atoms with Crippen LogP contribution in [0.1, 0.15) is 32.3 Å². The summed E-state index contributed by atoms with van der Waals surface area (Å²) in [4.78, 5) is 0. The molecule has 16 heavy (non-hydrogen) atoms. The summed E-state index contributed by atoms with van der Waals surface area (Å²) < 4.78 is 2.01. The zero-order chi connectivity index (χ0) is 11.5. The lowest BCUT2D eigenvalue weighted by Gasteiger charge is -2.38. The van der Waals surface area contributed by atoms with Crippen molar-refractivity contribution in [3.8, 4) is 0 Å². The van der Waals surface area contributed by atoms with Gasteiger partial charge in [-0.15, -0.1) is 0 Å². The van der Waals surface area contributed by atoms with Gasteiger partial charge in [0.2, 0.25) is 0 Å². The molecule has 0 bridgehead atoms. The minimum absolute atomic E-state index is 0.754. The summed E-state index contributed by atoms with van der Waals surface area (Å²) in [7, 11) is 0. The number of nitrogens with one attached hydrogen (secondary N) is 1. The smallest absolute Gasteiger partial charge is 0.0534 e. The highest BCUT2D eigenvalue weighted by Crippen LogP contribution is 2.33. The van der Waals surface area contributed by atoms with Gasteiger partial charge in [-0.05, 0) is 37.2 Å². The molecule has 1 saturated carbocycles. The largest absolute Gasteiger partial charge is 0.312 e. The van der Waals surface area contributed by atoms with E-state index in [1.54, 1.807) is 0 Å². The van der Waals surface area contributed by atoms with E-state index < -0.39 is 0 Å². The molecule has 0 unspecified atom stereocenters. The molecule has 1 N–H and O–H groups in total. The molecule has 0 radical (unpaired) electrons. The molecule has 1 aromatic heterocycles. The predicted octanol–water partition coefficient (Wildman–Crippen LogP) is 2.22. The van der Waals surface area contributed by atoms with E-state index >= 15 is 0 Å². The van der Waals surface area contributed by atoms with E-state index in [-0.39, 0.29) is 0 Å². The second-order valence-electron chi connectivity index (χ2n) is 5.41. The van der Waals surface area contributed by atoms with Crippen molar-refractivity contribution < 1.29 is 0 Å². The minimum atomic E-state index is 0.754. The number of aryl methyl sites for hydroxylation is 1. The summed E-state index contributed by atoms with van der Waals surface area (Å²) in [5.41, 5.74) is 1.24. The highest BCUT2D eigenvalue weighted by molar-refractivity contribution is 4.99. The molecule has 2 rings (SSSR count). The maximum atomic E-state index is 4.28. The summed E-state index contributed by atoms with van der Waals surface area (Å²) in [5, 5.41) is 7.88. The van der Waals surface area contributed by atoms with Crippen molar-refractivity contribution in [3.05, 3.63) is 18.0 Å². The van der Waals surface area contributed by atoms with Gasteiger partial charge in [-0.2, -0.15) is 5.10 Å². The van der Waals surface area contributed by atoms with Crippen molar-refractivity contribution in [1.82, 2.24) is 15.1 Å². The molecule has 1 aliphatic rings. The average Bonchev–Trinajstić information content (AvgIpc) is 2.54. The van der Waals surface area contributed by atoms with Gasteiger partial charge in [-0.3, -0.25) is 4.68 Å². The van der Waals surface area contributed by atoms with Crippen LogP contribution in [-0.4, -0.2) is 22.4 Å². The molecule has 1 aliphatic carbocycles. The zero-order valence-corrected chi connectivity index (χ0v) is 10.6. The van der Waals surface area contributed by atoms with Gasteiger partial charge >= 0.3 is 0 Å². The van der Waals surface area contributed by atoms with Crippen molar-refractivity contribution in [2.75, 3.05) is 6.54 Å². The van der Waals surface area contributed by atoms with Crippen LogP contribution in [0.25, 0.3) is 0 Å². The van der Waals surface area contributed by atoms with Crippen LogP contribution in [0.2, 0.25) is 0 Å². The average molecular weight is 221 g/mol. The molecule has 1 heterocycles. The summed E-state index contributed by atoms with van der Waals surface area (Å²) >= 11 is 0. The zero-order valence-electron chi connectivity index (χ0n) is 10.6. The van der Waals surface area contributed by atoms with Crippen LogP contribution in [0.4, 0.5) is 0 Å². The summed E-state index contributed by atoms with van der Waals surface area (Å²) in [6, 6.07) is 0.754. The number of nitrogens with zero attached hydrogens (tertiary/aromatic N) is 2. The first-order chi connectivity index (χ1) is 7.65. The SMILES string of the molecule is Cc1cnn(CCNC2CC(C(C)C)C2)c1. The Bertz CT molecular complexity index is 324. The molecule has 3 heteroatoms. The number of hydrogen-bond donors (Lipinski definition) is 1. The highest BCUT2D eigenvalue weighted by Gasteiger charge is 2.30. The van der Waals surface area contributed by atoms with Gasteiger partial charge in [0.1, 0.15) is 0 Å². The number of hydrogen-bond acceptors (Lipinski definition) is 2. The molecule has 0 aliphatic heterocycles. The fourth-order valence-electron chi connectivity index (χ4n) is 2.35. The third-order valence-electron chi connectivity index (χ3n) is 3.65. The first-order valence-corrected chi connectivity index (χ1v) is 6.37. The van der Waals surface area contributed by atoms with Gasteiger partial charge in [0.15, 0.2) is 0 Å². The Labute approximate surface area is 98.2 Å². The van der Waals surface area contributed by atoms with E-state index in [0.29, 0.717) is 0 Å². The second kappa shape index (κ2) is 5.00. The summed E-state index contributed by atoms with van der Waals surface area (Å²) in [5.74, 6) is 1.80. The number of rotatable bonds is 5. The topological polar surface area (TPSA) is 29.9 Å². The molecular weight excluding hydrogens is 198 g/mol. The number of aromatic nitrogens is 2. The van der Waals surface area contributed by atoms with Crippen LogP contribution >= 0.6 is 0 Å². The Morgan fingerprint density at radius 2 is 2.25 bits per heavy atom. The van der Waals surface area contributed by atoms with Gasteiger partial charge in [-0.1, -0.05) is 13.8 Å². The monoisotopic (exact) mass is 221 g/mol. The van der Waals surface area contributed by atoms with Gasteiger partial charge in [0.05, 0.1) is 12.7 Å². The van der Waals surface area contributed by atoms with E-state index in [1.807, 2.05) is 10.9 Å². The first-order valence-electron chi connectivity index (χ1n) is 6.37. The van der Waals surface area contributed by atoms with E-state index in [1.165, 1.54) is 18.4 Å². The molecular formula is C13H23N3. The summed E-state index contributed by atoms with van der Waals surface area (Å²) in [6.45, 7) is 8.75. The van der Waals surface area contributed by atoms with Crippen LogP contribution in [-0.2, 0) is 6.54 Å². The van der Waals surface area contributed by atoms with Crippen molar-refractivity contribution in [2.45, 2.75) is 46.2 Å². The van der Waals surface area contributed by atoms with Crippen LogP contribution in [0.3, 0.4) is 0 Å². The fourth-order valence-corrected chi connectivity index (χ4v) is 2.35. The Hall–Kier alpha value is -0.830. The normalized spacial score (nSPS) is 24.8. The predicted molar refractivity (Wildman–Crippen MR) is 66.3 cm³/mol. The maximum Gasteiger partial charge on any atom is 0.0534 e. The molecule has 1 fully saturated rings. The first kappa shape index (κ1) is 11.6. The molecule has 0 saturated heterocycles. The van der Waals surface area contributed by atoms with E-state index in [9.17, 15) is 0 Å². The molecule has 90 valence electrons. The molecule has 0 spiro atoms. The Morgan fingerprint density at radius 1 is 1.50 bits per heavy atom. The quantitative estimate of drug-likeness (QED) is 0.826. The van der Waals surface area contributed by atoms with Crippen LogP contribution in [0, 0.1) is 18.8 Å². The van der Waals surface area contributed by atoms with E-state index in [4.69, 9.17) is 0 Å². The Morgan fingerprint density at radius 3 is 2.81 bits per heavy atom. The van der Waals surface area contributed by atoms with Crippen molar-refractivity contribution in [1.29, 1.82) is 0 Å². The highest BCUT2D eigenvalue weighted by atomic mass is 15.3. The third-order valence-corrected chi connectivity index (χ3v) is 3.65. The van der Waals surface area contributed by atoms with Gasteiger partial charge in [-0.25, -0.2) is 0 Å². The van der Waals surface area contributed by atoms with E-state index in [0.717, 1.165) is 31.0 Å². The molecule has 0 amide bonds. The van der Waals surface area contributed by atoms with Crippen LogP contribution in [0.15, 0.2) is 12.4 Å². The lowest BCUT2D eigenvalue weighted by molar-refractivity contribution is 0.167. The van der Waals surface area contributed by atoms with Gasteiger partial charge in [0.25, 0.3) is 0 Å². The molecule has 0 aromatic carbocycles. The lowest BCUT2D eigenvalue weighted by atomic mass is 9.74. The second-order valence-corrected chi connectivity index (χ2v) is 5.41. The van der Waals surface area contributed by atoms with Gasteiger partial charge in [0, 0.05) is 18.8 Å². The van der Waals surface area contributed by atoms with E-state index in [2.05, 4.69) is 37.4 Å². The van der Waals surface area contributed by atoms with Crippen LogP contribution < -0.4 is 5.32 Å². The third kappa shape index (κ3) is 2.85. The standard InChI is InChI=1S/C13H23N3/c1-10(2)12-6-13(7-12)14-4-5-16-9-11(3)8-15-16/h8-10,12-14H,4-7H2,1-3H3. The molecule has 3 nitrogen and oxygen atoms in total. The minimum Gasteiger partial charge on any atom is -0.312 e. The fraction of sp³-hybridized carbons (Fsp3) is 0.769. The van der Waals surface area contributed by atoms with Crippen molar-refractivity contribution in [3.63, 3.8) is 0 Å². The van der Waals surface area contributed by atoms with Crippen molar-refractivity contribution >= 4 is 0 Å². The Balaban J connectivity index is 1.60. The lowest BCUT2D eigenvalue weighted by Crippen LogP contribution is -2.44. The molecule has 0 atom stereocenters. The van der Waals surface area contributed by atoms with Crippen LogP contribution in [0.5, 0.6) is 0 Å². The van der Waals surface area contributed by atoms with Gasteiger partial charge < -0.3 is 5.32 Å². The summed E-state index contributed by atoms with van der Waals surface area (Å²) in [6.07, 6.45) is 6.73. The molecule has 1 aromatic rings. The maximum absolute atomic E-state index is 4.28.